The highest BCUT2D eigenvalue weighted by Crippen LogP contribution is 2.60. The number of benzene rings is 1. The van der Waals surface area contributed by atoms with Crippen molar-refractivity contribution in [3.8, 4) is 0 Å². The molecule has 0 saturated heterocycles. The fourth-order valence-corrected chi connectivity index (χ4v) is 6.23. The molecule has 3 N–H and O–H groups in total. The summed E-state index contributed by atoms with van der Waals surface area (Å²) in [6.45, 7) is 3.56. The molecule has 0 radical (unpaired) electrons. The van der Waals surface area contributed by atoms with E-state index in [1.54, 1.807) is 44.3 Å². The van der Waals surface area contributed by atoms with Gasteiger partial charge in [0, 0.05) is 36.0 Å². The number of aromatic nitrogens is 2. The first-order valence-corrected chi connectivity index (χ1v) is 13.0. The van der Waals surface area contributed by atoms with Gasteiger partial charge in [-0.1, -0.05) is 45.2 Å². The molecular formula is C24H34N3O4P. The lowest BCUT2D eigenvalue weighted by molar-refractivity contribution is -0.111. The number of hydrogen-bond acceptors (Lipinski definition) is 3. The van der Waals surface area contributed by atoms with Crippen molar-refractivity contribution in [2.75, 3.05) is 5.32 Å². The van der Waals surface area contributed by atoms with Crippen LogP contribution in [0.25, 0.3) is 6.08 Å². The number of carbonyl (C=O) groups is 1. The number of carbonyl (C=O) groups excluding carboxylic acids is 1. The van der Waals surface area contributed by atoms with Crippen molar-refractivity contribution in [2.45, 2.75) is 69.9 Å². The van der Waals surface area contributed by atoms with Crippen molar-refractivity contribution in [1.82, 2.24) is 9.78 Å². The molecule has 0 bridgehead atoms. The summed E-state index contributed by atoms with van der Waals surface area (Å²) >= 11 is 0. The van der Waals surface area contributed by atoms with E-state index in [9.17, 15) is 19.1 Å². The van der Waals surface area contributed by atoms with E-state index in [0.717, 1.165) is 18.4 Å². The van der Waals surface area contributed by atoms with Crippen LogP contribution < -0.4 is 5.32 Å². The van der Waals surface area contributed by atoms with Crippen molar-refractivity contribution in [3.05, 3.63) is 53.4 Å². The predicted molar refractivity (Wildman–Crippen MR) is 127 cm³/mol. The van der Waals surface area contributed by atoms with Crippen LogP contribution in [-0.2, 0) is 21.6 Å². The van der Waals surface area contributed by atoms with Crippen LogP contribution in [-0.4, -0.2) is 25.5 Å². The Morgan fingerprint density at radius 1 is 1.19 bits per heavy atom. The van der Waals surface area contributed by atoms with E-state index in [0.29, 0.717) is 30.0 Å². The third-order valence-corrected chi connectivity index (χ3v) is 8.84. The van der Waals surface area contributed by atoms with Crippen LogP contribution in [0.1, 0.15) is 81.5 Å². The maximum Gasteiger partial charge on any atom is 0.335 e. The second kappa shape index (κ2) is 10.2. The molecule has 7 nitrogen and oxygen atoms in total. The zero-order chi connectivity index (χ0) is 23.4. The van der Waals surface area contributed by atoms with Gasteiger partial charge in [-0.05, 0) is 49.5 Å². The maximum atomic E-state index is 12.5. The largest absolute Gasteiger partial charge is 0.335 e. The van der Waals surface area contributed by atoms with Gasteiger partial charge in [-0.25, -0.2) is 0 Å². The van der Waals surface area contributed by atoms with Crippen LogP contribution in [0.5, 0.6) is 0 Å². The number of nitrogens with one attached hydrogen (secondary N) is 1. The van der Waals surface area contributed by atoms with E-state index in [1.807, 2.05) is 17.8 Å². The molecule has 1 aromatic carbocycles. The smallest absolute Gasteiger partial charge is 0.324 e. The lowest BCUT2D eigenvalue weighted by atomic mass is 9.85. The molecule has 1 aromatic heterocycles. The Kier molecular flexibility index (Phi) is 7.75. The third-order valence-electron chi connectivity index (χ3n) is 6.84. The number of amides is 1. The highest BCUT2D eigenvalue weighted by Gasteiger charge is 2.45. The minimum atomic E-state index is -4.34. The molecule has 0 spiro atoms. The van der Waals surface area contributed by atoms with Gasteiger partial charge in [0.1, 0.15) is 0 Å². The fourth-order valence-electron chi connectivity index (χ4n) is 4.92. The predicted octanol–water partition coefficient (Wildman–Crippen LogP) is 5.31. The summed E-state index contributed by atoms with van der Waals surface area (Å²) in [4.78, 5) is 32.3. The minimum Gasteiger partial charge on any atom is -0.324 e. The van der Waals surface area contributed by atoms with Gasteiger partial charge in [-0.15, -0.1) is 0 Å². The van der Waals surface area contributed by atoms with Gasteiger partial charge in [-0.2, -0.15) is 5.10 Å². The van der Waals surface area contributed by atoms with Gasteiger partial charge >= 0.3 is 7.60 Å². The molecule has 2 aromatic rings. The molecule has 32 heavy (non-hydrogen) atoms. The number of anilines is 1. The first kappa shape index (κ1) is 24.4. The average Bonchev–Trinajstić information content (AvgIpc) is 3.14. The van der Waals surface area contributed by atoms with Crippen LogP contribution in [0.3, 0.4) is 0 Å². The standard InChI is InChI=1S/C24H34N3O4P/c1-4-24(5-2,32(29,30)31)20-12-14-21(15-13-20)26-22(28)16-11-19-17-25-27(3)23(19)18-9-7-6-8-10-18/h11-18H,4-10H2,1-3H3,(H,26,28)(H2,29,30,31). The molecule has 1 aliphatic rings. The highest BCUT2D eigenvalue weighted by molar-refractivity contribution is 7.53. The molecule has 0 unspecified atom stereocenters. The molecule has 0 aliphatic heterocycles. The Hall–Kier alpha value is -2.21. The zero-order valence-corrected chi connectivity index (χ0v) is 20.0. The molecule has 1 fully saturated rings. The van der Waals surface area contributed by atoms with Gasteiger partial charge in [0.2, 0.25) is 5.91 Å². The van der Waals surface area contributed by atoms with Crippen molar-refractivity contribution in [3.63, 3.8) is 0 Å². The average molecular weight is 460 g/mol. The number of aryl methyl sites for hydroxylation is 1. The monoisotopic (exact) mass is 459 g/mol. The number of rotatable bonds is 8. The van der Waals surface area contributed by atoms with Gasteiger partial charge in [0.25, 0.3) is 0 Å². The van der Waals surface area contributed by atoms with Crippen LogP contribution in [0.15, 0.2) is 36.5 Å². The van der Waals surface area contributed by atoms with Crippen LogP contribution in [0, 0.1) is 0 Å². The van der Waals surface area contributed by atoms with Gasteiger partial charge in [-0.3, -0.25) is 14.0 Å². The SMILES string of the molecule is CCC(CC)(c1ccc(NC(=O)C=Cc2cnn(C)c2C2CCCCC2)cc1)P(=O)(O)O. The Morgan fingerprint density at radius 3 is 2.38 bits per heavy atom. The van der Waals surface area contributed by atoms with E-state index >= 15 is 0 Å². The van der Waals surface area contributed by atoms with Gasteiger partial charge in [0.05, 0.1) is 11.4 Å². The summed E-state index contributed by atoms with van der Waals surface area (Å²) < 4.78 is 14.1. The molecule has 3 rings (SSSR count). The summed E-state index contributed by atoms with van der Waals surface area (Å²) in [6, 6.07) is 6.75. The van der Waals surface area contributed by atoms with Crippen molar-refractivity contribution in [1.29, 1.82) is 0 Å². The molecule has 1 heterocycles. The topological polar surface area (TPSA) is 104 Å². The molecule has 0 atom stereocenters. The number of nitrogens with zero attached hydrogens (tertiary/aromatic N) is 2. The quantitative estimate of drug-likeness (QED) is 0.366. The van der Waals surface area contributed by atoms with Crippen molar-refractivity contribution >= 4 is 25.3 Å². The Morgan fingerprint density at radius 2 is 1.81 bits per heavy atom. The lowest BCUT2D eigenvalue weighted by Gasteiger charge is -2.33. The van der Waals surface area contributed by atoms with Crippen molar-refractivity contribution < 1.29 is 19.1 Å². The summed E-state index contributed by atoms with van der Waals surface area (Å²) in [5, 5.41) is 6.01. The number of hydrogen-bond donors (Lipinski definition) is 3. The summed E-state index contributed by atoms with van der Waals surface area (Å²) in [6.07, 6.45) is 11.8. The Labute approximate surface area is 190 Å². The Bertz CT molecular complexity index is 997. The van der Waals surface area contributed by atoms with E-state index in [4.69, 9.17) is 0 Å². The van der Waals surface area contributed by atoms with Crippen LogP contribution in [0.4, 0.5) is 5.69 Å². The normalized spacial score (nSPS) is 15.9. The lowest BCUT2D eigenvalue weighted by Crippen LogP contribution is -2.24. The molecular weight excluding hydrogens is 425 g/mol. The van der Waals surface area contributed by atoms with Gasteiger partial charge < -0.3 is 15.1 Å². The molecule has 1 amide bonds. The summed E-state index contributed by atoms with van der Waals surface area (Å²) in [5.41, 5.74) is 3.32. The molecule has 8 heteroatoms. The van der Waals surface area contributed by atoms with Gasteiger partial charge in [0.15, 0.2) is 0 Å². The molecule has 1 aliphatic carbocycles. The van der Waals surface area contributed by atoms with Crippen molar-refractivity contribution in [2.24, 2.45) is 7.05 Å². The minimum absolute atomic E-state index is 0.261. The van der Waals surface area contributed by atoms with E-state index in [1.165, 1.54) is 31.0 Å². The fraction of sp³-hybridized carbons (Fsp3) is 0.500. The van der Waals surface area contributed by atoms with E-state index in [2.05, 4.69) is 10.4 Å². The molecule has 1 saturated carbocycles. The van der Waals surface area contributed by atoms with E-state index < -0.39 is 12.8 Å². The van der Waals surface area contributed by atoms with E-state index in [-0.39, 0.29) is 5.91 Å². The maximum absolute atomic E-state index is 12.5. The highest BCUT2D eigenvalue weighted by atomic mass is 31.2. The molecule has 174 valence electrons. The third kappa shape index (κ3) is 5.06. The second-order valence-electron chi connectivity index (χ2n) is 8.63. The Balaban J connectivity index is 1.71. The van der Waals surface area contributed by atoms with Crippen LogP contribution >= 0.6 is 7.60 Å². The van der Waals surface area contributed by atoms with Crippen LogP contribution in [0.2, 0.25) is 0 Å². The summed E-state index contributed by atoms with van der Waals surface area (Å²) in [5.74, 6) is 0.223. The zero-order valence-electron chi connectivity index (χ0n) is 19.1. The second-order valence-corrected chi connectivity index (χ2v) is 10.6. The summed E-state index contributed by atoms with van der Waals surface area (Å²) in [7, 11) is -2.39. The first-order chi connectivity index (χ1) is 15.2. The first-order valence-electron chi connectivity index (χ1n) is 11.4.